The first-order valence-corrected chi connectivity index (χ1v) is 12.0. The Kier molecular flexibility index (Phi) is 7.40. The van der Waals surface area contributed by atoms with Crippen molar-refractivity contribution in [3.05, 3.63) is 41.3 Å². The van der Waals surface area contributed by atoms with Crippen LogP contribution in [0.1, 0.15) is 39.3 Å². The Morgan fingerprint density at radius 1 is 1.19 bits per heavy atom. The van der Waals surface area contributed by atoms with Crippen LogP contribution in [0.5, 0.6) is 11.5 Å². The van der Waals surface area contributed by atoms with Crippen molar-refractivity contribution in [1.82, 2.24) is 25.5 Å². The molecule has 0 aliphatic heterocycles. The molecule has 12 heteroatoms. The molecule has 1 aromatic carbocycles. The number of aromatic nitrogens is 4. The first-order valence-electron chi connectivity index (χ1n) is 11.6. The fraction of sp³-hybridized carbons (Fsp3) is 0.400. The van der Waals surface area contributed by atoms with Gasteiger partial charge in [0, 0.05) is 23.0 Å². The smallest absolute Gasteiger partial charge is 0.407 e. The maximum absolute atomic E-state index is 12.1. The average Bonchev–Trinajstić information content (AvgIpc) is 3.49. The lowest BCUT2D eigenvalue weighted by Crippen LogP contribution is -2.37. The van der Waals surface area contributed by atoms with Gasteiger partial charge in [-0.1, -0.05) is 11.6 Å². The van der Waals surface area contributed by atoms with Crippen LogP contribution in [-0.2, 0) is 4.74 Å². The molecule has 0 unspecified atom stereocenters. The lowest BCUT2D eigenvalue weighted by Gasteiger charge is -2.22. The molecular weight excluding hydrogens is 498 g/mol. The first-order chi connectivity index (χ1) is 17.6. The van der Waals surface area contributed by atoms with E-state index < -0.39 is 11.7 Å². The van der Waals surface area contributed by atoms with Crippen molar-refractivity contribution >= 4 is 29.3 Å². The third-order valence-corrected chi connectivity index (χ3v) is 5.84. The number of hydrogen-bond donors (Lipinski definition) is 3. The highest BCUT2D eigenvalue weighted by Crippen LogP contribution is 2.47. The number of aromatic amines is 1. The Morgan fingerprint density at radius 3 is 2.57 bits per heavy atom. The van der Waals surface area contributed by atoms with E-state index in [-0.39, 0.29) is 11.1 Å². The Bertz CT molecular complexity index is 1310. The van der Waals surface area contributed by atoms with E-state index >= 15 is 0 Å². The summed E-state index contributed by atoms with van der Waals surface area (Å²) in [5, 5.41) is 22.5. The quantitative estimate of drug-likeness (QED) is 0.357. The van der Waals surface area contributed by atoms with E-state index in [0.29, 0.717) is 52.6 Å². The van der Waals surface area contributed by atoms with Crippen LogP contribution in [0.25, 0.3) is 11.3 Å². The molecule has 2 aromatic heterocycles. The number of rotatable bonds is 9. The molecule has 3 N–H and O–H groups in total. The molecule has 0 saturated heterocycles. The summed E-state index contributed by atoms with van der Waals surface area (Å²) in [4.78, 5) is 20.2. The zero-order valence-corrected chi connectivity index (χ0v) is 21.8. The predicted molar refractivity (Wildman–Crippen MR) is 137 cm³/mol. The van der Waals surface area contributed by atoms with Crippen molar-refractivity contribution in [2.45, 2.75) is 39.2 Å². The van der Waals surface area contributed by atoms with Crippen molar-refractivity contribution in [3.63, 3.8) is 0 Å². The van der Waals surface area contributed by atoms with Gasteiger partial charge in [0.1, 0.15) is 29.0 Å². The van der Waals surface area contributed by atoms with Crippen molar-refractivity contribution in [1.29, 1.82) is 5.26 Å². The molecule has 0 bridgehead atoms. The highest BCUT2D eigenvalue weighted by Gasteiger charge is 2.44. The Morgan fingerprint density at radius 2 is 1.95 bits per heavy atom. The maximum Gasteiger partial charge on any atom is 0.407 e. The normalized spacial score (nSPS) is 13.8. The molecule has 0 radical (unpaired) electrons. The van der Waals surface area contributed by atoms with Crippen LogP contribution in [0, 0.1) is 16.7 Å². The fourth-order valence-corrected chi connectivity index (χ4v) is 3.75. The van der Waals surface area contributed by atoms with Gasteiger partial charge in [-0.25, -0.2) is 14.8 Å². The molecule has 1 aliphatic rings. The van der Waals surface area contributed by atoms with E-state index in [1.165, 1.54) is 12.4 Å². The molecule has 1 saturated carbocycles. The molecule has 0 spiro atoms. The minimum Gasteiger partial charge on any atom is -0.496 e. The van der Waals surface area contributed by atoms with Gasteiger partial charge in [0.25, 0.3) is 0 Å². The highest BCUT2D eigenvalue weighted by molar-refractivity contribution is 6.31. The van der Waals surface area contributed by atoms with Crippen LogP contribution >= 0.6 is 11.6 Å². The number of hydrogen-bond acceptors (Lipinski definition) is 9. The van der Waals surface area contributed by atoms with E-state index in [2.05, 4.69) is 30.8 Å². The van der Waals surface area contributed by atoms with Crippen LogP contribution in [0.2, 0.25) is 5.02 Å². The minimum absolute atomic E-state index is 0.182. The van der Waals surface area contributed by atoms with Crippen molar-refractivity contribution in [2.24, 2.45) is 5.41 Å². The van der Waals surface area contributed by atoms with Crippen LogP contribution < -0.4 is 20.1 Å². The summed E-state index contributed by atoms with van der Waals surface area (Å²) in [6.45, 7) is 6.29. The molecule has 0 atom stereocenters. The third-order valence-electron chi connectivity index (χ3n) is 5.62. The van der Waals surface area contributed by atoms with Gasteiger partial charge in [-0.3, -0.25) is 5.10 Å². The number of benzene rings is 1. The molecule has 3 aromatic rings. The molecule has 11 nitrogen and oxygen atoms in total. The Labute approximate surface area is 219 Å². The van der Waals surface area contributed by atoms with Crippen molar-refractivity contribution in [3.8, 4) is 28.8 Å². The summed E-state index contributed by atoms with van der Waals surface area (Å²) < 4.78 is 17.2. The summed E-state index contributed by atoms with van der Waals surface area (Å²) in [7, 11) is 1.55. The number of anilines is 2. The second-order valence-corrected chi connectivity index (χ2v) is 10.3. The van der Waals surface area contributed by atoms with E-state index in [4.69, 9.17) is 31.1 Å². The summed E-state index contributed by atoms with van der Waals surface area (Å²) in [5.41, 5.74) is 0.751. The zero-order chi connectivity index (χ0) is 26.6. The number of ether oxygens (including phenoxy) is 3. The number of H-pyrrole nitrogens is 1. The first kappa shape index (κ1) is 26.0. The third kappa shape index (κ3) is 6.80. The fourth-order valence-electron chi connectivity index (χ4n) is 3.55. The molecule has 1 fully saturated rings. The van der Waals surface area contributed by atoms with Gasteiger partial charge in [-0.2, -0.15) is 10.4 Å². The number of carbonyl (C=O) groups is 1. The molecular formula is C25H28ClN7O4. The van der Waals surface area contributed by atoms with Crippen LogP contribution in [0.15, 0.2) is 30.6 Å². The number of alkyl carbamates (subject to hydrolysis) is 1. The lowest BCUT2D eigenvalue weighted by atomic mass is 10.1. The summed E-state index contributed by atoms with van der Waals surface area (Å²) in [6, 6.07) is 7.12. The number of methoxy groups -OCH3 is 1. The van der Waals surface area contributed by atoms with Gasteiger partial charge in [0.2, 0.25) is 0 Å². The minimum atomic E-state index is -0.562. The van der Waals surface area contributed by atoms with Crippen molar-refractivity contribution < 1.29 is 19.0 Å². The van der Waals surface area contributed by atoms with Crippen LogP contribution in [0.4, 0.5) is 16.4 Å². The SMILES string of the molecule is COc1cc(Cl)cc(OCC2(CNC(=O)OC(C)(C)C)CC2)c1-c1cc(Nc2cnc(C#N)cn2)n[nH]1. The van der Waals surface area contributed by atoms with E-state index in [1.807, 2.05) is 26.8 Å². The lowest BCUT2D eigenvalue weighted by molar-refractivity contribution is 0.0509. The van der Waals surface area contributed by atoms with Gasteiger partial charge in [-0.15, -0.1) is 0 Å². The zero-order valence-electron chi connectivity index (χ0n) is 21.0. The maximum atomic E-state index is 12.1. The summed E-state index contributed by atoms with van der Waals surface area (Å²) >= 11 is 6.35. The standard InChI is InChI=1S/C25H28ClN7O4/c1-24(2,3)37-23(34)30-13-25(5-6-25)14-36-19-8-15(26)7-18(35-4)22(19)17-9-20(33-32-17)31-21-12-28-16(10-27)11-29-21/h7-9,11-12H,5-6,13-14H2,1-4H3,(H,30,34)(H2,29,31,32,33). The summed E-state index contributed by atoms with van der Waals surface area (Å²) in [6.07, 6.45) is 4.20. The van der Waals surface area contributed by atoms with Gasteiger partial charge < -0.3 is 24.8 Å². The predicted octanol–water partition coefficient (Wildman–Crippen LogP) is 4.83. The van der Waals surface area contributed by atoms with Gasteiger partial charge in [0.15, 0.2) is 11.5 Å². The van der Waals surface area contributed by atoms with Crippen LogP contribution in [-0.4, -0.2) is 52.1 Å². The monoisotopic (exact) mass is 525 g/mol. The number of nitrogens with one attached hydrogen (secondary N) is 3. The van der Waals surface area contributed by atoms with E-state index in [9.17, 15) is 4.79 Å². The number of amides is 1. The Balaban J connectivity index is 1.49. The van der Waals surface area contributed by atoms with Gasteiger partial charge in [-0.05, 0) is 45.7 Å². The number of nitriles is 1. The van der Waals surface area contributed by atoms with Gasteiger partial charge >= 0.3 is 6.09 Å². The number of nitrogens with zero attached hydrogens (tertiary/aromatic N) is 4. The molecule has 1 aliphatic carbocycles. The topological polar surface area (TPSA) is 147 Å². The largest absolute Gasteiger partial charge is 0.496 e. The van der Waals surface area contributed by atoms with Crippen molar-refractivity contribution in [2.75, 3.05) is 25.6 Å². The highest BCUT2D eigenvalue weighted by atomic mass is 35.5. The van der Waals surface area contributed by atoms with E-state index in [1.54, 1.807) is 25.3 Å². The number of halogens is 1. The second kappa shape index (κ2) is 10.5. The number of carbonyl (C=O) groups excluding carboxylic acids is 1. The molecule has 4 rings (SSSR count). The van der Waals surface area contributed by atoms with Crippen LogP contribution in [0.3, 0.4) is 0 Å². The molecule has 194 valence electrons. The molecule has 37 heavy (non-hydrogen) atoms. The molecule has 1 amide bonds. The van der Waals surface area contributed by atoms with E-state index in [0.717, 1.165) is 12.8 Å². The average molecular weight is 526 g/mol. The molecule has 2 heterocycles. The second-order valence-electron chi connectivity index (χ2n) is 9.82. The summed E-state index contributed by atoms with van der Waals surface area (Å²) in [5.74, 6) is 1.94. The van der Waals surface area contributed by atoms with Gasteiger partial charge in [0.05, 0.1) is 37.4 Å². The Hall–Kier alpha value is -4.04.